The molecule has 0 bridgehead atoms. The van der Waals surface area contributed by atoms with Crippen molar-refractivity contribution >= 4 is 8.32 Å². The molecule has 1 unspecified atom stereocenters. The van der Waals surface area contributed by atoms with Gasteiger partial charge in [-0.15, -0.1) is 0 Å². The van der Waals surface area contributed by atoms with E-state index in [2.05, 4.69) is 0 Å². The highest BCUT2D eigenvalue weighted by Gasteiger charge is 2.40. The van der Waals surface area contributed by atoms with Gasteiger partial charge in [-0.1, -0.05) is 30.3 Å². The summed E-state index contributed by atoms with van der Waals surface area (Å²) in [5.41, 5.74) is 1.03. The Hall–Kier alpha value is -0.813. The lowest BCUT2D eigenvalue weighted by molar-refractivity contribution is -0.192. The van der Waals surface area contributed by atoms with Crippen LogP contribution in [-0.2, 0) is 10.5 Å². The monoisotopic (exact) mass is 262 g/mol. The second kappa shape index (κ2) is 5.22. The molecule has 0 fully saturated rings. The lowest BCUT2D eigenvalue weighted by Gasteiger charge is -2.28. The Kier molecular flexibility index (Phi) is 4.38. The largest absolute Gasteiger partial charge is 0.413 e. The van der Waals surface area contributed by atoms with Crippen LogP contribution < -0.4 is 0 Å². The summed E-state index contributed by atoms with van der Waals surface area (Å²) in [5, 5.41) is 0. The molecule has 0 aliphatic carbocycles. The molecule has 1 aromatic carbocycles. The number of benzene rings is 1. The Morgan fingerprint density at radius 3 is 2.18 bits per heavy atom. The van der Waals surface area contributed by atoms with Crippen molar-refractivity contribution in [2.75, 3.05) is 0 Å². The molecule has 0 N–H and O–H groups in total. The van der Waals surface area contributed by atoms with Crippen LogP contribution in [0.1, 0.15) is 12.5 Å². The van der Waals surface area contributed by atoms with Crippen molar-refractivity contribution in [1.82, 2.24) is 0 Å². The molecule has 1 nitrogen and oxygen atoms in total. The van der Waals surface area contributed by atoms with Gasteiger partial charge in [-0.25, -0.2) is 0 Å². The van der Waals surface area contributed by atoms with E-state index < -0.39 is 20.6 Å². The molecule has 0 radical (unpaired) electrons. The first-order valence-corrected chi connectivity index (χ1v) is 8.61. The zero-order valence-electron chi connectivity index (χ0n) is 10.2. The van der Waals surface area contributed by atoms with E-state index in [1.165, 1.54) is 0 Å². The van der Waals surface area contributed by atoms with Crippen LogP contribution in [0.3, 0.4) is 0 Å². The first-order valence-electron chi connectivity index (χ1n) is 5.49. The van der Waals surface area contributed by atoms with E-state index in [4.69, 9.17) is 4.43 Å². The maximum Gasteiger partial charge on any atom is 0.413 e. The van der Waals surface area contributed by atoms with E-state index in [0.29, 0.717) is 6.04 Å². The maximum absolute atomic E-state index is 12.4. The zero-order valence-corrected chi connectivity index (χ0v) is 11.2. The molecule has 1 rings (SSSR count). The lowest BCUT2D eigenvalue weighted by atomic mass is 10.2. The fourth-order valence-electron chi connectivity index (χ4n) is 1.67. The van der Waals surface area contributed by atoms with Crippen LogP contribution in [0.2, 0.25) is 13.1 Å². The van der Waals surface area contributed by atoms with Crippen LogP contribution in [0.5, 0.6) is 0 Å². The van der Waals surface area contributed by atoms with Crippen molar-refractivity contribution in [3.8, 4) is 0 Å². The van der Waals surface area contributed by atoms with Crippen molar-refractivity contribution in [3.05, 3.63) is 35.9 Å². The fourth-order valence-corrected chi connectivity index (χ4v) is 4.07. The zero-order chi connectivity index (χ0) is 13.1. The van der Waals surface area contributed by atoms with Gasteiger partial charge < -0.3 is 4.43 Å². The Morgan fingerprint density at radius 1 is 1.18 bits per heavy atom. The van der Waals surface area contributed by atoms with Crippen molar-refractivity contribution in [2.24, 2.45) is 0 Å². The van der Waals surface area contributed by atoms with Crippen LogP contribution in [-0.4, -0.2) is 20.6 Å². The standard InChI is InChI=1S/C12H17F3OSi/c1-10(12(13,14)15)16-17(2,3)9-11-7-5-4-6-8-11/h4-8,10H,9H2,1-3H3. The second-order valence-corrected chi connectivity index (χ2v) is 8.83. The van der Waals surface area contributed by atoms with Crippen LogP contribution >= 0.6 is 0 Å². The molecule has 0 saturated carbocycles. The fraction of sp³-hybridized carbons (Fsp3) is 0.500. The topological polar surface area (TPSA) is 9.23 Å². The summed E-state index contributed by atoms with van der Waals surface area (Å²) in [6.07, 6.45) is -5.96. The van der Waals surface area contributed by atoms with Crippen molar-refractivity contribution in [1.29, 1.82) is 0 Å². The van der Waals surface area contributed by atoms with E-state index in [1.807, 2.05) is 43.4 Å². The maximum atomic E-state index is 12.4. The molecule has 0 spiro atoms. The summed E-state index contributed by atoms with van der Waals surface area (Å²) in [4.78, 5) is 0. The Balaban J connectivity index is 2.63. The summed E-state index contributed by atoms with van der Waals surface area (Å²) < 4.78 is 42.5. The van der Waals surface area contributed by atoms with Crippen molar-refractivity contribution in [3.63, 3.8) is 0 Å². The van der Waals surface area contributed by atoms with Gasteiger partial charge in [0, 0.05) is 0 Å². The molecule has 1 atom stereocenters. The minimum atomic E-state index is -4.28. The highest BCUT2D eigenvalue weighted by molar-refractivity contribution is 6.70. The molecule has 96 valence electrons. The Bertz CT molecular complexity index is 349. The third-order valence-corrected chi connectivity index (χ3v) is 4.68. The third kappa shape index (κ3) is 4.91. The van der Waals surface area contributed by atoms with E-state index >= 15 is 0 Å². The third-order valence-electron chi connectivity index (χ3n) is 2.43. The quantitative estimate of drug-likeness (QED) is 0.747. The van der Waals surface area contributed by atoms with Crippen molar-refractivity contribution in [2.45, 2.75) is 38.3 Å². The molecule has 0 saturated heterocycles. The van der Waals surface area contributed by atoms with Crippen LogP contribution in [0.25, 0.3) is 0 Å². The summed E-state index contributed by atoms with van der Waals surface area (Å²) in [7, 11) is -2.34. The predicted octanol–water partition coefficient (Wildman–Crippen LogP) is 3.94. The molecule has 1 aromatic rings. The highest BCUT2D eigenvalue weighted by Crippen LogP contribution is 2.26. The van der Waals surface area contributed by atoms with Gasteiger partial charge >= 0.3 is 6.18 Å². The normalized spacial score (nSPS) is 14.7. The van der Waals surface area contributed by atoms with Crippen LogP contribution in [0, 0.1) is 0 Å². The average Bonchev–Trinajstić information content (AvgIpc) is 2.16. The smallest absolute Gasteiger partial charge is 0.405 e. The molecule has 0 aliphatic heterocycles. The molecule has 0 aliphatic rings. The molecule has 5 heteroatoms. The van der Waals surface area contributed by atoms with Crippen LogP contribution in [0.15, 0.2) is 30.3 Å². The first-order chi connectivity index (χ1) is 7.71. The summed E-state index contributed by atoms with van der Waals surface area (Å²) in [6.45, 7) is 4.68. The molecular weight excluding hydrogens is 245 g/mol. The van der Waals surface area contributed by atoms with Gasteiger partial charge in [-0.05, 0) is 31.6 Å². The molecule has 0 amide bonds. The van der Waals surface area contributed by atoms with E-state index in [-0.39, 0.29) is 0 Å². The minimum Gasteiger partial charge on any atom is -0.405 e. The van der Waals surface area contributed by atoms with E-state index in [9.17, 15) is 13.2 Å². The number of halogens is 3. The number of hydrogen-bond acceptors (Lipinski definition) is 1. The van der Waals surface area contributed by atoms with Gasteiger partial charge in [0.25, 0.3) is 0 Å². The lowest BCUT2D eigenvalue weighted by Crippen LogP contribution is -2.42. The summed E-state index contributed by atoms with van der Waals surface area (Å²) >= 11 is 0. The van der Waals surface area contributed by atoms with Gasteiger partial charge in [0.05, 0.1) is 0 Å². The summed E-state index contributed by atoms with van der Waals surface area (Å²) in [5.74, 6) is 0. The molecule has 17 heavy (non-hydrogen) atoms. The Morgan fingerprint density at radius 2 is 1.71 bits per heavy atom. The predicted molar refractivity (Wildman–Crippen MR) is 64.2 cm³/mol. The average molecular weight is 262 g/mol. The molecule has 0 aromatic heterocycles. The van der Waals surface area contributed by atoms with E-state index in [1.54, 1.807) is 0 Å². The van der Waals surface area contributed by atoms with Crippen molar-refractivity contribution < 1.29 is 17.6 Å². The Labute approximate surface area is 101 Å². The van der Waals surface area contributed by atoms with Gasteiger partial charge in [-0.2, -0.15) is 13.2 Å². The SMILES string of the molecule is CC(O[Si](C)(C)Cc1ccccc1)C(F)(F)F. The molecule has 0 heterocycles. The van der Waals surface area contributed by atoms with E-state index in [0.717, 1.165) is 12.5 Å². The minimum absolute atomic E-state index is 0.592. The number of rotatable bonds is 4. The second-order valence-electron chi connectivity index (χ2n) is 4.72. The van der Waals surface area contributed by atoms with Gasteiger partial charge in [-0.3, -0.25) is 0 Å². The first kappa shape index (κ1) is 14.2. The highest BCUT2D eigenvalue weighted by atomic mass is 28.4. The number of alkyl halides is 3. The van der Waals surface area contributed by atoms with Gasteiger partial charge in [0.1, 0.15) is 6.10 Å². The summed E-state index contributed by atoms with van der Waals surface area (Å²) in [6, 6.07) is 10.1. The number of hydrogen-bond donors (Lipinski definition) is 0. The molecular formula is C12H17F3OSi. The van der Waals surface area contributed by atoms with Gasteiger partial charge in [0.2, 0.25) is 0 Å². The van der Waals surface area contributed by atoms with Crippen LogP contribution in [0.4, 0.5) is 13.2 Å². The van der Waals surface area contributed by atoms with Gasteiger partial charge in [0.15, 0.2) is 8.32 Å².